The normalized spacial score (nSPS) is 15.2. The van der Waals surface area contributed by atoms with Gasteiger partial charge in [0.15, 0.2) is 0 Å². The molecule has 0 radical (unpaired) electrons. The number of rotatable bonds is 4. The van der Waals surface area contributed by atoms with Gasteiger partial charge in [-0.2, -0.15) is 4.98 Å². The molecule has 0 unspecified atom stereocenters. The van der Waals surface area contributed by atoms with E-state index in [9.17, 15) is 4.79 Å². The van der Waals surface area contributed by atoms with Crippen molar-refractivity contribution in [1.29, 1.82) is 0 Å². The maximum Gasteiger partial charge on any atom is 0.230 e. The van der Waals surface area contributed by atoms with Crippen molar-refractivity contribution in [3.8, 4) is 11.5 Å². The molecular formula is C14H15N7O2. The number of nitrogens with zero attached hydrogens (tertiary/aromatic N) is 7. The first-order valence-electron chi connectivity index (χ1n) is 7.31. The fourth-order valence-corrected chi connectivity index (χ4v) is 2.57. The zero-order valence-electron chi connectivity index (χ0n) is 12.4. The van der Waals surface area contributed by atoms with Crippen molar-refractivity contribution in [3.05, 3.63) is 40.7 Å². The van der Waals surface area contributed by atoms with Gasteiger partial charge >= 0.3 is 0 Å². The van der Waals surface area contributed by atoms with E-state index in [0.717, 1.165) is 12.8 Å². The molecule has 118 valence electrons. The molecule has 0 bridgehead atoms. The molecule has 0 aromatic carbocycles. The molecule has 3 heterocycles. The zero-order chi connectivity index (χ0) is 16.1. The Morgan fingerprint density at radius 3 is 2.96 bits per heavy atom. The SMILES string of the molecule is [N-]=[N+]=NCC(=O)N1CCC(c2nc(-c3ccccn3)no2)CC1. The first-order chi connectivity index (χ1) is 11.3. The molecular weight excluding hydrogens is 298 g/mol. The lowest BCUT2D eigenvalue weighted by atomic mass is 9.97. The van der Waals surface area contributed by atoms with Crippen LogP contribution in [0, 0.1) is 0 Å². The van der Waals surface area contributed by atoms with Gasteiger partial charge in [-0.25, -0.2) is 0 Å². The Balaban J connectivity index is 1.61. The van der Waals surface area contributed by atoms with Gasteiger partial charge in [0, 0.05) is 30.1 Å². The van der Waals surface area contributed by atoms with Crippen molar-refractivity contribution >= 4 is 5.91 Å². The minimum absolute atomic E-state index is 0.128. The summed E-state index contributed by atoms with van der Waals surface area (Å²) in [6.07, 6.45) is 3.16. The van der Waals surface area contributed by atoms with Crippen molar-refractivity contribution in [2.24, 2.45) is 5.11 Å². The number of likely N-dealkylation sites (tertiary alicyclic amines) is 1. The maximum absolute atomic E-state index is 11.8. The molecule has 1 aliphatic rings. The summed E-state index contributed by atoms with van der Waals surface area (Å²) in [6.45, 7) is 1.04. The maximum atomic E-state index is 11.8. The summed E-state index contributed by atoms with van der Waals surface area (Å²) in [6, 6.07) is 5.52. The highest BCUT2D eigenvalue weighted by molar-refractivity contribution is 5.78. The molecule has 1 fully saturated rings. The van der Waals surface area contributed by atoms with Crippen LogP contribution in [0.2, 0.25) is 0 Å². The van der Waals surface area contributed by atoms with Crippen LogP contribution in [0.4, 0.5) is 0 Å². The topological polar surface area (TPSA) is 121 Å². The van der Waals surface area contributed by atoms with Crippen LogP contribution >= 0.6 is 0 Å². The van der Waals surface area contributed by atoms with Crippen molar-refractivity contribution in [2.75, 3.05) is 19.6 Å². The average molecular weight is 313 g/mol. The first kappa shape index (κ1) is 15.0. The highest BCUT2D eigenvalue weighted by Gasteiger charge is 2.27. The summed E-state index contributed by atoms with van der Waals surface area (Å²) < 4.78 is 5.35. The van der Waals surface area contributed by atoms with E-state index in [1.807, 2.05) is 18.2 Å². The largest absolute Gasteiger partial charge is 0.343 e. The van der Waals surface area contributed by atoms with E-state index in [2.05, 4.69) is 25.2 Å². The van der Waals surface area contributed by atoms with Crippen molar-refractivity contribution in [1.82, 2.24) is 20.0 Å². The second kappa shape index (κ2) is 6.89. The van der Waals surface area contributed by atoms with Crippen molar-refractivity contribution < 1.29 is 9.32 Å². The molecule has 3 rings (SSSR count). The number of hydrogen-bond acceptors (Lipinski definition) is 6. The van der Waals surface area contributed by atoms with Crippen LogP contribution in [-0.2, 0) is 4.79 Å². The third-order valence-corrected chi connectivity index (χ3v) is 3.80. The molecule has 0 atom stereocenters. The number of carbonyl (C=O) groups is 1. The number of aromatic nitrogens is 3. The Morgan fingerprint density at radius 2 is 2.26 bits per heavy atom. The Labute approximate surface area is 131 Å². The second-order valence-electron chi connectivity index (χ2n) is 5.22. The van der Waals surface area contributed by atoms with Gasteiger partial charge in [0.05, 0.1) is 0 Å². The fourth-order valence-electron chi connectivity index (χ4n) is 2.57. The van der Waals surface area contributed by atoms with Crippen LogP contribution in [0.3, 0.4) is 0 Å². The van der Waals surface area contributed by atoms with E-state index < -0.39 is 0 Å². The highest BCUT2D eigenvalue weighted by atomic mass is 16.5. The predicted molar refractivity (Wildman–Crippen MR) is 80.1 cm³/mol. The van der Waals surface area contributed by atoms with Crippen LogP contribution in [0.1, 0.15) is 24.7 Å². The number of pyridine rings is 1. The highest BCUT2D eigenvalue weighted by Crippen LogP contribution is 2.28. The van der Waals surface area contributed by atoms with Gasteiger partial charge in [-0.1, -0.05) is 16.3 Å². The second-order valence-corrected chi connectivity index (χ2v) is 5.22. The van der Waals surface area contributed by atoms with Crippen LogP contribution in [-0.4, -0.2) is 45.6 Å². The number of amides is 1. The lowest BCUT2D eigenvalue weighted by Gasteiger charge is -2.30. The Hall–Kier alpha value is -2.93. The van der Waals surface area contributed by atoms with Gasteiger partial charge in [-0.3, -0.25) is 9.78 Å². The van der Waals surface area contributed by atoms with Crippen LogP contribution in [0.5, 0.6) is 0 Å². The van der Waals surface area contributed by atoms with Crippen LogP contribution < -0.4 is 0 Å². The minimum atomic E-state index is -0.152. The lowest BCUT2D eigenvalue weighted by molar-refractivity contribution is -0.130. The first-order valence-corrected chi connectivity index (χ1v) is 7.31. The molecule has 0 spiro atoms. The number of piperidine rings is 1. The number of carbonyl (C=O) groups excluding carboxylic acids is 1. The van der Waals surface area contributed by atoms with E-state index in [0.29, 0.717) is 30.5 Å². The van der Waals surface area contributed by atoms with Crippen molar-refractivity contribution in [2.45, 2.75) is 18.8 Å². The third kappa shape index (κ3) is 3.46. The molecule has 2 aromatic heterocycles. The molecule has 0 aliphatic carbocycles. The smallest absolute Gasteiger partial charge is 0.230 e. The predicted octanol–water partition coefficient (Wildman–Crippen LogP) is 2.15. The van der Waals surface area contributed by atoms with E-state index in [-0.39, 0.29) is 18.4 Å². The summed E-state index contributed by atoms with van der Waals surface area (Å²) >= 11 is 0. The van der Waals surface area contributed by atoms with Crippen molar-refractivity contribution in [3.63, 3.8) is 0 Å². The minimum Gasteiger partial charge on any atom is -0.343 e. The summed E-state index contributed by atoms with van der Waals surface area (Å²) in [5.41, 5.74) is 8.93. The van der Waals surface area contributed by atoms with Gasteiger partial charge in [-0.05, 0) is 30.5 Å². The molecule has 1 saturated heterocycles. The van der Waals surface area contributed by atoms with Crippen LogP contribution in [0.15, 0.2) is 34.0 Å². The van der Waals surface area contributed by atoms with Crippen LogP contribution in [0.25, 0.3) is 22.0 Å². The molecule has 0 N–H and O–H groups in total. The van der Waals surface area contributed by atoms with Gasteiger partial charge in [0.25, 0.3) is 0 Å². The summed E-state index contributed by atoms with van der Waals surface area (Å²) in [7, 11) is 0. The lowest BCUT2D eigenvalue weighted by Crippen LogP contribution is -2.39. The molecule has 9 heteroatoms. The van der Waals surface area contributed by atoms with E-state index in [1.54, 1.807) is 11.1 Å². The average Bonchev–Trinajstić information content (AvgIpc) is 3.11. The summed E-state index contributed by atoms with van der Waals surface area (Å²) in [5.74, 6) is 1.03. The van der Waals surface area contributed by atoms with E-state index in [4.69, 9.17) is 10.1 Å². The molecule has 1 amide bonds. The van der Waals surface area contributed by atoms with Gasteiger partial charge < -0.3 is 9.42 Å². The zero-order valence-corrected chi connectivity index (χ0v) is 12.4. The van der Waals surface area contributed by atoms with Gasteiger partial charge in [-0.15, -0.1) is 0 Å². The standard InChI is InChI=1S/C14H15N7O2/c15-20-17-9-12(22)21-7-4-10(5-8-21)14-18-13(19-23-14)11-3-1-2-6-16-11/h1-3,6,10H,4-5,7-9H2. The Morgan fingerprint density at radius 1 is 1.43 bits per heavy atom. The third-order valence-electron chi connectivity index (χ3n) is 3.80. The Kier molecular flexibility index (Phi) is 4.49. The van der Waals surface area contributed by atoms with E-state index in [1.165, 1.54) is 0 Å². The number of azide groups is 1. The number of hydrogen-bond donors (Lipinski definition) is 0. The summed E-state index contributed by atoms with van der Waals surface area (Å²) in [4.78, 5) is 24.7. The van der Waals surface area contributed by atoms with Gasteiger partial charge in [0.1, 0.15) is 12.2 Å². The molecule has 0 saturated carbocycles. The quantitative estimate of drug-likeness (QED) is 0.486. The Bertz CT molecular complexity index is 716. The molecule has 2 aromatic rings. The molecule has 9 nitrogen and oxygen atoms in total. The molecule has 1 aliphatic heterocycles. The van der Waals surface area contributed by atoms with E-state index >= 15 is 0 Å². The summed E-state index contributed by atoms with van der Waals surface area (Å²) in [5, 5.41) is 7.27. The fraction of sp³-hybridized carbons (Fsp3) is 0.429. The molecule has 23 heavy (non-hydrogen) atoms. The monoisotopic (exact) mass is 313 g/mol. The van der Waals surface area contributed by atoms with Gasteiger partial charge in [0.2, 0.25) is 17.6 Å².